The minimum absolute atomic E-state index is 0.470. The fourth-order valence-electron chi connectivity index (χ4n) is 2.74. The molecule has 0 aliphatic rings. The number of hydrogen-bond donors (Lipinski definition) is 1. The molecule has 3 atom stereocenters. The molecule has 0 radical (unpaired) electrons. The molecule has 3 heteroatoms. The summed E-state index contributed by atoms with van der Waals surface area (Å²) in [6, 6.07) is 1.04. The number of nitrogens with two attached hydrogens (primary N) is 1. The van der Waals surface area contributed by atoms with Crippen LogP contribution in [0.1, 0.15) is 47.5 Å². The fourth-order valence-corrected chi connectivity index (χ4v) is 2.74. The van der Waals surface area contributed by atoms with Crippen molar-refractivity contribution < 1.29 is 4.74 Å². The van der Waals surface area contributed by atoms with Gasteiger partial charge in [-0.1, -0.05) is 27.7 Å². The van der Waals surface area contributed by atoms with Gasteiger partial charge in [-0.3, -0.25) is 4.90 Å². The van der Waals surface area contributed by atoms with Crippen molar-refractivity contribution in [3.05, 3.63) is 0 Å². The zero-order valence-corrected chi connectivity index (χ0v) is 13.3. The summed E-state index contributed by atoms with van der Waals surface area (Å²) in [6.45, 7) is 13.9. The molecule has 110 valence electrons. The average molecular weight is 258 g/mol. The van der Waals surface area contributed by atoms with Crippen molar-refractivity contribution in [3.63, 3.8) is 0 Å². The average Bonchev–Trinajstić information content (AvgIpc) is 2.32. The Labute approximate surface area is 114 Å². The zero-order chi connectivity index (χ0) is 14.1. The first-order valence-electron chi connectivity index (χ1n) is 7.42. The van der Waals surface area contributed by atoms with E-state index in [0.717, 1.165) is 32.0 Å². The van der Waals surface area contributed by atoms with Gasteiger partial charge in [0.25, 0.3) is 0 Å². The summed E-state index contributed by atoms with van der Waals surface area (Å²) in [7, 11) is 1.77. The van der Waals surface area contributed by atoms with Crippen molar-refractivity contribution in [1.82, 2.24) is 4.90 Å². The van der Waals surface area contributed by atoms with E-state index in [2.05, 4.69) is 39.5 Å². The molecule has 0 spiro atoms. The summed E-state index contributed by atoms with van der Waals surface area (Å²) in [6.07, 6.45) is 2.40. The molecule has 0 aliphatic heterocycles. The Balaban J connectivity index is 4.67. The standard InChI is InChI=1S/C15H34N2O/c1-7-14(5)17(8-9-18-6)15(11-16)13(4)10-12(2)3/h12-15H,7-11,16H2,1-6H3. The third-order valence-electron chi connectivity index (χ3n) is 3.88. The molecule has 0 aliphatic carbocycles. The number of nitrogens with zero attached hydrogens (tertiary/aromatic N) is 1. The summed E-state index contributed by atoms with van der Waals surface area (Å²) in [5.74, 6) is 1.37. The lowest BCUT2D eigenvalue weighted by molar-refractivity contribution is 0.0635. The SMILES string of the molecule is CCC(C)N(CCOC)C(CN)C(C)CC(C)C. The van der Waals surface area contributed by atoms with Crippen molar-refractivity contribution in [1.29, 1.82) is 0 Å². The Hall–Kier alpha value is -0.120. The first-order valence-corrected chi connectivity index (χ1v) is 7.42. The minimum atomic E-state index is 0.470. The fraction of sp³-hybridized carbons (Fsp3) is 1.00. The second-order valence-electron chi connectivity index (χ2n) is 5.90. The van der Waals surface area contributed by atoms with E-state index < -0.39 is 0 Å². The zero-order valence-electron chi connectivity index (χ0n) is 13.3. The highest BCUT2D eigenvalue weighted by atomic mass is 16.5. The molecule has 0 rings (SSSR count). The van der Waals surface area contributed by atoms with Crippen LogP contribution >= 0.6 is 0 Å². The summed E-state index contributed by atoms with van der Waals surface area (Å²) in [4.78, 5) is 2.54. The van der Waals surface area contributed by atoms with Gasteiger partial charge in [-0.25, -0.2) is 0 Å². The highest BCUT2D eigenvalue weighted by molar-refractivity contribution is 4.82. The molecule has 0 saturated carbocycles. The van der Waals surface area contributed by atoms with Gasteiger partial charge < -0.3 is 10.5 Å². The van der Waals surface area contributed by atoms with Crippen LogP contribution in [0.25, 0.3) is 0 Å². The second kappa shape index (κ2) is 9.76. The van der Waals surface area contributed by atoms with E-state index in [1.165, 1.54) is 6.42 Å². The van der Waals surface area contributed by atoms with Crippen LogP contribution in [0.4, 0.5) is 0 Å². The highest BCUT2D eigenvalue weighted by Gasteiger charge is 2.26. The molecule has 0 heterocycles. The van der Waals surface area contributed by atoms with E-state index in [9.17, 15) is 0 Å². The molecule has 0 saturated heterocycles. The lowest BCUT2D eigenvalue weighted by Crippen LogP contribution is -2.50. The van der Waals surface area contributed by atoms with Crippen molar-refractivity contribution >= 4 is 0 Å². The Morgan fingerprint density at radius 3 is 2.17 bits per heavy atom. The van der Waals surface area contributed by atoms with E-state index in [0.29, 0.717) is 18.0 Å². The molecule has 0 aromatic rings. The quantitative estimate of drug-likeness (QED) is 0.655. The van der Waals surface area contributed by atoms with Gasteiger partial charge in [-0.05, 0) is 31.6 Å². The van der Waals surface area contributed by atoms with Crippen molar-refractivity contribution in [2.75, 3.05) is 26.8 Å². The van der Waals surface area contributed by atoms with E-state index in [-0.39, 0.29) is 0 Å². The molecule has 0 aromatic heterocycles. The van der Waals surface area contributed by atoms with Crippen LogP contribution in [0.3, 0.4) is 0 Å². The topological polar surface area (TPSA) is 38.5 Å². The molecule has 0 fully saturated rings. The van der Waals surface area contributed by atoms with Crippen LogP contribution in [-0.2, 0) is 4.74 Å². The lowest BCUT2D eigenvalue weighted by Gasteiger charge is -2.39. The largest absolute Gasteiger partial charge is 0.383 e. The van der Waals surface area contributed by atoms with Gasteiger partial charge >= 0.3 is 0 Å². The van der Waals surface area contributed by atoms with Gasteiger partial charge in [0.05, 0.1) is 6.61 Å². The third-order valence-corrected chi connectivity index (χ3v) is 3.88. The van der Waals surface area contributed by atoms with E-state index >= 15 is 0 Å². The first kappa shape index (κ1) is 17.9. The second-order valence-corrected chi connectivity index (χ2v) is 5.90. The lowest BCUT2D eigenvalue weighted by atomic mass is 9.90. The Morgan fingerprint density at radius 1 is 1.17 bits per heavy atom. The Kier molecular flexibility index (Phi) is 9.70. The number of hydrogen-bond acceptors (Lipinski definition) is 3. The molecule has 0 amide bonds. The van der Waals surface area contributed by atoms with Crippen LogP contribution in [0, 0.1) is 11.8 Å². The third kappa shape index (κ3) is 6.17. The first-order chi connectivity index (χ1) is 8.47. The van der Waals surface area contributed by atoms with E-state index in [1.54, 1.807) is 7.11 Å². The van der Waals surface area contributed by atoms with Crippen molar-refractivity contribution in [2.24, 2.45) is 17.6 Å². The normalized spacial score (nSPS) is 17.2. The highest BCUT2D eigenvalue weighted by Crippen LogP contribution is 2.21. The minimum Gasteiger partial charge on any atom is -0.383 e. The number of ether oxygens (including phenoxy) is 1. The summed E-state index contributed by atoms with van der Waals surface area (Å²) in [5, 5.41) is 0. The van der Waals surface area contributed by atoms with Gasteiger partial charge in [0.1, 0.15) is 0 Å². The maximum absolute atomic E-state index is 6.03. The monoisotopic (exact) mass is 258 g/mol. The van der Waals surface area contributed by atoms with Crippen LogP contribution in [0.15, 0.2) is 0 Å². The molecule has 3 nitrogen and oxygen atoms in total. The van der Waals surface area contributed by atoms with Crippen LogP contribution in [0.2, 0.25) is 0 Å². The molecule has 0 aromatic carbocycles. The van der Waals surface area contributed by atoms with Crippen molar-refractivity contribution in [3.8, 4) is 0 Å². The Bertz CT molecular complexity index is 197. The van der Waals surface area contributed by atoms with E-state index in [1.807, 2.05) is 0 Å². The summed E-state index contributed by atoms with van der Waals surface area (Å²) >= 11 is 0. The molecular weight excluding hydrogens is 224 g/mol. The number of rotatable bonds is 10. The molecule has 3 unspecified atom stereocenters. The van der Waals surface area contributed by atoms with E-state index in [4.69, 9.17) is 10.5 Å². The summed E-state index contributed by atoms with van der Waals surface area (Å²) < 4.78 is 5.24. The predicted molar refractivity (Wildman–Crippen MR) is 79.8 cm³/mol. The summed E-state index contributed by atoms with van der Waals surface area (Å²) in [5.41, 5.74) is 6.03. The number of methoxy groups -OCH3 is 1. The smallest absolute Gasteiger partial charge is 0.0589 e. The van der Waals surface area contributed by atoms with Gasteiger partial charge in [0.15, 0.2) is 0 Å². The molecule has 18 heavy (non-hydrogen) atoms. The van der Waals surface area contributed by atoms with Gasteiger partial charge in [0.2, 0.25) is 0 Å². The van der Waals surface area contributed by atoms with Gasteiger partial charge in [0, 0.05) is 32.3 Å². The molecule has 2 N–H and O–H groups in total. The molecule has 0 bridgehead atoms. The van der Waals surface area contributed by atoms with Gasteiger partial charge in [-0.2, -0.15) is 0 Å². The van der Waals surface area contributed by atoms with Crippen LogP contribution in [-0.4, -0.2) is 43.8 Å². The Morgan fingerprint density at radius 2 is 1.78 bits per heavy atom. The maximum atomic E-state index is 6.03. The van der Waals surface area contributed by atoms with Crippen molar-refractivity contribution in [2.45, 2.75) is 59.5 Å². The maximum Gasteiger partial charge on any atom is 0.0589 e. The van der Waals surface area contributed by atoms with Crippen LogP contribution < -0.4 is 5.73 Å². The molecular formula is C15H34N2O. The van der Waals surface area contributed by atoms with Gasteiger partial charge in [-0.15, -0.1) is 0 Å². The predicted octanol–water partition coefficient (Wildman–Crippen LogP) is 2.74. The van der Waals surface area contributed by atoms with Crippen LogP contribution in [0.5, 0.6) is 0 Å².